The van der Waals surface area contributed by atoms with E-state index in [0.717, 1.165) is 5.69 Å². The molecule has 1 heterocycles. The van der Waals surface area contributed by atoms with Crippen molar-refractivity contribution in [1.29, 1.82) is 0 Å². The molecule has 2 nitrogen and oxygen atoms in total. The molecule has 1 fully saturated rings. The molecular weight excluding hydrogens is 172 g/mol. The predicted molar refractivity (Wildman–Crippen MR) is 61.5 cm³/mol. The van der Waals surface area contributed by atoms with Gasteiger partial charge >= 0.3 is 0 Å². The molecular formula is C12H18N2. The van der Waals surface area contributed by atoms with Crippen LogP contribution in [-0.2, 0) is 0 Å². The first-order valence-electron chi connectivity index (χ1n) is 5.33. The van der Waals surface area contributed by atoms with Gasteiger partial charge in [-0.3, -0.25) is 0 Å². The standard InChI is InChI=1S/C12H18N2/c1-9-7-8-10(2)14(9)12-6-4-3-5-11(12)13/h3-6,9-10H,7-8,13H2,1-2H3/t9-,10-/m0/s1. The molecule has 0 radical (unpaired) electrons. The van der Waals surface area contributed by atoms with Gasteiger partial charge in [-0.25, -0.2) is 0 Å². The first-order valence-corrected chi connectivity index (χ1v) is 5.33. The fourth-order valence-corrected chi connectivity index (χ4v) is 2.39. The van der Waals surface area contributed by atoms with Crippen LogP contribution in [0.1, 0.15) is 26.7 Å². The van der Waals surface area contributed by atoms with E-state index in [0.29, 0.717) is 12.1 Å². The van der Waals surface area contributed by atoms with Gasteiger partial charge in [0.25, 0.3) is 0 Å². The number of rotatable bonds is 1. The Morgan fingerprint density at radius 2 is 1.71 bits per heavy atom. The van der Waals surface area contributed by atoms with E-state index in [9.17, 15) is 0 Å². The lowest BCUT2D eigenvalue weighted by Gasteiger charge is -2.29. The Morgan fingerprint density at radius 1 is 1.14 bits per heavy atom. The van der Waals surface area contributed by atoms with Crippen molar-refractivity contribution in [3.63, 3.8) is 0 Å². The van der Waals surface area contributed by atoms with Crippen molar-refractivity contribution in [3.8, 4) is 0 Å². The summed E-state index contributed by atoms with van der Waals surface area (Å²) in [5.74, 6) is 0. The topological polar surface area (TPSA) is 29.3 Å². The second-order valence-corrected chi connectivity index (χ2v) is 4.24. The van der Waals surface area contributed by atoms with E-state index in [1.807, 2.05) is 12.1 Å². The van der Waals surface area contributed by atoms with Gasteiger partial charge in [0.1, 0.15) is 0 Å². The average molecular weight is 190 g/mol. The van der Waals surface area contributed by atoms with E-state index in [-0.39, 0.29) is 0 Å². The number of nitrogens with zero attached hydrogens (tertiary/aromatic N) is 1. The molecule has 0 spiro atoms. The number of nitrogen functional groups attached to an aromatic ring is 1. The zero-order chi connectivity index (χ0) is 10.1. The lowest BCUT2D eigenvalue weighted by molar-refractivity contribution is 0.695. The normalized spacial score (nSPS) is 26.9. The predicted octanol–water partition coefficient (Wildman–Crippen LogP) is 2.65. The van der Waals surface area contributed by atoms with Crippen molar-refractivity contribution in [1.82, 2.24) is 0 Å². The summed E-state index contributed by atoms with van der Waals surface area (Å²) in [5.41, 5.74) is 8.08. The van der Waals surface area contributed by atoms with Crippen LogP contribution < -0.4 is 10.6 Å². The van der Waals surface area contributed by atoms with Gasteiger partial charge in [-0.05, 0) is 38.8 Å². The molecule has 0 saturated carbocycles. The molecule has 1 saturated heterocycles. The van der Waals surface area contributed by atoms with Crippen molar-refractivity contribution >= 4 is 11.4 Å². The smallest absolute Gasteiger partial charge is 0.0604 e. The summed E-state index contributed by atoms with van der Waals surface area (Å²) in [7, 11) is 0. The van der Waals surface area contributed by atoms with Crippen molar-refractivity contribution in [3.05, 3.63) is 24.3 Å². The molecule has 14 heavy (non-hydrogen) atoms. The van der Waals surface area contributed by atoms with E-state index < -0.39 is 0 Å². The Balaban J connectivity index is 2.34. The van der Waals surface area contributed by atoms with Crippen molar-refractivity contribution in [2.75, 3.05) is 10.6 Å². The van der Waals surface area contributed by atoms with Gasteiger partial charge in [0.05, 0.1) is 11.4 Å². The zero-order valence-corrected chi connectivity index (χ0v) is 8.90. The monoisotopic (exact) mass is 190 g/mol. The molecule has 1 aromatic carbocycles. The number of nitrogens with two attached hydrogens (primary N) is 1. The number of anilines is 2. The molecule has 1 aliphatic heterocycles. The highest BCUT2D eigenvalue weighted by Gasteiger charge is 2.28. The maximum Gasteiger partial charge on any atom is 0.0604 e. The zero-order valence-electron chi connectivity index (χ0n) is 8.90. The van der Waals surface area contributed by atoms with E-state index in [1.165, 1.54) is 18.5 Å². The highest BCUT2D eigenvalue weighted by molar-refractivity contribution is 5.68. The van der Waals surface area contributed by atoms with Gasteiger partial charge in [-0.2, -0.15) is 0 Å². The summed E-state index contributed by atoms with van der Waals surface area (Å²) in [5, 5.41) is 0. The van der Waals surface area contributed by atoms with Gasteiger partial charge in [-0.15, -0.1) is 0 Å². The Hall–Kier alpha value is -1.18. The first kappa shape index (κ1) is 9.38. The Labute approximate surface area is 85.7 Å². The number of hydrogen-bond acceptors (Lipinski definition) is 2. The maximum atomic E-state index is 5.98. The van der Waals surface area contributed by atoms with Crippen LogP contribution in [0.2, 0.25) is 0 Å². The van der Waals surface area contributed by atoms with Crippen LogP contribution in [0.4, 0.5) is 11.4 Å². The molecule has 1 aromatic rings. The molecule has 2 rings (SSSR count). The Morgan fingerprint density at radius 3 is 2.29 bits per heavy atom. The van der Waals surface area contributed by atoms with E-state index in [2.05, 4.69) is 30.9 Å². The van der Waals surface area contributed by atoms with Crippen LogP contribution in [0, 0.1) is 0 Å². The molecule has 0 unspecified atom stereocenters. The molecule has 2 heteroatoms. The maximum absolute atomic E-state index is 5.98. The molecule has 2 N–H and O–H groups in total. The number of hydrogen-bond donors (Lipinski definition) is 1. The van der Waals surface area contributed by atoms with Crippen LogP contribution in [-0.4, -0.2) is 12.1 Å². The van der Waals surface area contributed by atoms with Crippen LogP contribution in [0.3, 0.4) is 0 Å². The highest BCUT2D eigenvalue weighted by atomic mass is 15.2. The SMILES string of the molecule is C[C@H]1CC[C@H](C)N1c1ccccc1N. The van der Waals surface area contributed by atoms with E-state index in [1.54, 1.807) is 0 Å². The summed E-state index contributed by atoms with van der Waals surface area (Å²) in [6, 6.07) is 9.39. The molecule has 0 bridgehead atoms. The van der Waals surface area contributed by atoms with Gasteiger partial charge in [0, 0.05) is 12.1 Å². The quantitative estimate of drug-likeness (QED) is 0.690. The lowest BCUT2D eigenvalue weighted by atomic mass is 10.2. The van der Waals surface area contributed by atoms with Gasteiger partial charge in [0.2, 0.25) is 0 Å². The minimum atomic E-state index is 0.620. The third-order valence-corrected chi connectivity index (χ3v) is 3.17. The molecule has 2 atom stereocenters. The summed E-state index contributed by atoms with van der Waals surface area (Å²) >= 11 is 0. The van der Waals surface area contributed by atoms with Crippen LogP contribution in [0.15, 0.2) is 24.3 Å². The fraction of sp³-hybridized carbons (Fsp3) is 0.500. The summed E-state index contributed by atoms with van der Waals surface area (Å²) in [6.07, 6.45) is 2.55. The third-order valence-electron chi connectivity index (χ3n) is 3.17. The number of para-hydroxylation sites is 2. The minimum Gasteiger partial charge on any atom is -0.397 e. The molecule has 1 aliphatic rings. The van der Waals surface area contributed by atoms with E-state index in [4.69, 9.17) is 5.73 Å². The van der Waals surface area contributed by atoms with Gasteiger partial charge < -0.3 is 10.6 Å². The minimum absolute atomic E-state index is 0.620. The lowest BCUT2D eigenvalue weighted by Crippen LogP contribution is -2.33. The third kappa shape index (κ3) is 1.45. The summed E-state index contributed by atoms with van der Waals surface area (Å²) in [4.78, 5) is 2.44. The van der Waals surface area contributed by atoms with Gasteiger partial charge in [0.15, 0.2) is 0 Å². The largest absolute Gasteiger partial charge is 0.397 e. The molecule has 0 amide bonds. The average Bonchev–Trinajstić information content (AvgIpc) is 2.48. The highest BCUT2D eigenvalue weighted by Crippen LogP contribution is 2.33. The Bertz CT molecular complexity index is 312. The van der Waals surface area contributed by atoms with Gasteiger partial charge in [-0.1, -0.05) is 12.1 Å². The van der Waals surface area contributed by atoms with Crippen LogP contribution in [0.5, 0.6) is 0 Å². The van der Waals surface area contributed by atoms with Crippen molar-refractivity contribution in [2.45, 2.75) is 38.8 Å². The molecule has 76 valence electrons. The second kappa shape index (κ2) is 3.52. The van der Waals surface area contributed by atoms with Crippen LogP contribution >= 0.6 is 0 Å². The molecule has 0 aliphatic carbocycles. The second-order valence-electron chi connectivity index (χ2n) is 4.24. The summed E-state index contributed by atoms with van der Waals surface area (Å²) < 4.78 is 0. The molecule has 0 aromatic heterocycles. The van der Waals surface area contributed by atoms with E-state index >= 15 is 0 Å². The number of benzene rings is 1. The van der Waals surface area contributed by atoms with Crippen LogP contribution in [0.25, 0.3) is 0 Å². The first-order chi connectivity index (χ1) is 6.70. The Kier molecular flexibility index (Phi) is 2.36. The fourth-order valence-electron chi connectivity index (χ4n) is 2.39. The van der Waals surface area contributed by atoms with Crippen molar-refractivity contribution in [2.24, 2.45) is 0 Å². The summed E-state index contributed by atoms with van der Waals surface area (Å²) in [6.45, 7) is 4.55. The van der Waals surface area contributed by atoms with Crippen molar-refractivity contribution < 1.29 is 0 Å².